The average molecular weight is 250 g/mol. The smallest absolute Gasteiger partial charge is 0.147 e. The molecule has 2 rings (SSSR count). The van der Waals surface area contributed by atoms with Crippen LogP contribution in [-0.4, -0.2) is 15.8 Å². The molecule has 4 nitrogen and oxygen atoms in total. The predicted octanol–water partition coefficient (Wildman–Crippen LogP) is 2.95. The monoisotopic (exact) mass is 250 g/mol. The minimum atomic E-state index is 0.556. The summed E-state index contributed by atoms with van der Waals surface area (Å²) in [5.41, 5.74) is 8.07. The molecule has 4 heteroatoms. The van der Waals surface area contributed by atoms with Crippen LogP contribution >= 0.6 is 0 Å². The standard InChI is InChI=1S/C14H26N4/c1-4-6-12-13(15)14(18(3)17-12)16-11-8-5-7-10(2)9-11/h10-11,16H,4-9,15H2,1-3H3. The first kappa shape index (κ1) is 13.2. The summed E-state index contributed by atoms with van der Waals surface area (Å²) in [5, 5.41) is 8.12. The Morgan fingerprint density at radius 3 is 2.89 bits per heavy atom. The Balaban J connectivity index is 2.08. The van der Waals surface area contributed by atoms with E-state index < -0.39 is 0 Å². The number of anilines is 2. The van der Waals surface area contributed by atoms with Crippen molar-refractivity contribution in [1.82, 2.24) is 9.78 Å². The second-order valence-corrected chi connectivity index (χ2v) is 5.70. The number of aryl methyl sites for hydroxylation is 2. The predicted molar refractivity (Wildman–Crippen MR) is 76.7 cm³/mol. The SMILES string of the molecule is CCCc1nn(C)c(NC2CCCC(C)C2)c1N. The molecule has 1 aliphatic carbocycles. The Bertz CT molecular complexity index is 397. The van der Waals surface area contributed by atoms with Gasteiger partial charge in [-0.2, -0.15) is 5.10 Å². The van der Waals surface area contributed by atoms with Gasteiger partial charge in [-0.1, -0.05) is 33.1 Å². The van der Waals surface area contributed by atoms with Crippen LogP contribution in [0.15, 0.2) is 0 Å². The van der Waals surface area contributed by atoms with E-state index in [0.29, 0.717) is 6.04 Å². The van der Waals surface area contributed by atoms with Gasteiger partial charge in [-0.05, 0) is 25.2 Å². The molecule has 1 saturated carbocycles. The summed E-state index contributed by atoms with van der Waals surface area (Å²) in [6.45, 7) is 4.49. The lowest BCUT2D eigenvalue weighted by Gasteiger charge is -2.28. The molecule has 0 amide bonds. The van der Waals surface area contributed by atoms with Gasteiger partial charge in [-0.15, -0.1) is 0 Å². The number of nitrogens with two attached hydrogens (primary N) is 1. The topological polar surface area (TPSA) is 55.9 Å². The number of hydrogen-bond donors (Lipinski definition) is 2. The molecule has 2 atom stereocenters. The highest BCUT2D eigenvalue weighted by Gasteiger charge is 2.21. The highest BCUT2D eigenvalue weighted by atomic mass is 15.3. The van der Waals surface area contributed by atoms with E-state index in [2.05, 4.69) is 24.3 Å². The van der Waals surface area contributed by atoms with E-state index in [1.54, 1.807) is 0 Å². The van der Waals surface area contributed by atoms with Crippen LogP contribution in [0.4, 0.5) is 11.5 Å². The fourth-order valence-corrected chi connectivity index (χ4v) is 2.95. The van der Waals surface area contributed by atoms with E-state index in [9.17, 15) is 0 Å². The van der Waals surface area contributed by atoms with E-state index in [-0.39, 0.29) is 0 Å². The molecule has 1 aromatic heterocycles. The molecule has 0 spiro atoms. The molecule has 0 aliphatic heterocycles. The van der Waals surface area contributed by atoms with Crippen molar-refractivity contribution in [1.29, 1.82) is 0 Å². The number of aromatic nitrogens is 2. The van der Waals surface area contributed by atoms with E-state index >= 15 is 0 Å². The molecule has 0 aromatic carbocycles. The molecule has 1 fully saturated rings. The van der Waals surface area contributed by atoms with Crippen LogP contribution in [0, 0.1) is 5.92 Å². The summed E-state index contributed by atoms with van der Waals surface area (Å²) >= 11 is 0. The molecular weight excluding hydrogens is 224 g/mol. The zero-order valence-electron chi connectivity index (χ0n) is 11.9. The zero-order valence-corrected chi connectivity index (χ0v) is 11.9. The number of nitrogens with zero attached hydrogens (tertiary/aromatic N) is 2. The Morgan fingerprint density at radius 2 is 2.22 bits per heavy atom. The van der Waals surface area contributed by atoms with E-state index in [4.69, 9.17) is 5.73 Å². The summed E-state index contributed by atoms with van der Waals surface area (Å²) in [4.78, 5) is 0. The van der Waals surface area contributed by atoms with Crippen molar-refractivity contribution in [2.45, 2.75) is 58.4 Å². The molecule has 0 radical (unpaired) electrons. The van der Waals surface area contributed by atoms with Crippen LogP contribution in [0.2, 0.25) is 0 Å². The first-order valence-electron chi connectivity index (χ1n) is 7.19. The van der Waals surface area contributed by atoms with E-state index in [1.807, 2.05) is 11.7 Å². The maximum atomic E-state index is 6.20. The van der Waals surface area contributed by atoms with Gasteiger partial charge in [-0.25, -0.2) is 0 Å². The summed E-state index contributed by atoms with van der Waals surface area (Å²) < 4.78 is 1.90. The van der Waals surface area contributed by atoms with Crippen LogP contribution in [-0.2, 0) is 13.5 Å². The summed E-state index contributed by atoms with van der Waals surface area (Å²) in [7, 11) is 1.98. The Labute approximate surface area is 110 Å². The van der Waals surface area contributed by atoms with Gasteiger partial charge in [0.1, 0.15) is 5.82 Å². The Kier molecular flexibility index (Phi) is 4.15. The second kappa shape index (κ2) is 5.63. The third kappa shape index (κ3) is 2.79. The minimum absolute atomic E-state index is 0.556. The summed E-state index contributed by atoms with van der Waals surface area (Å²) in [6.07, 6.45) is 7.22. The van der Waals surface area contributed by atoms with Gasteiger partial charge in [0.15, 0.2) is 0 Å². The summed E-state index contributed by atoms with van der Waals surface area (Å²) in [5.74, 6) is 1.83. The average Bonchev–Trinajstić information content (AvgIpc) is 2.58. The molecule has 3 N–H and O–H groups in total. The van der Waals surface area contributed by atoms with E-state index in [0.717, 1.165) is 36.0 Å². The van der Waals surface area contributed by atoms with Crippen molar-refractivity contribution in [3.63, 3.8) is 0 Å². The highest BCUT2D eigenvalue weighted by molar-refractivity contribution is 5.65. The molecule has 2 unspecified atom stereocenters. The second-order valence-electron chi connectivity index (χ2n) is 5.70. The molecule has 0 bridgehead atoms. The normalized spacial score (nSPS) is 24.2. The molecule has 1 aromatic rings. The highest BCUT2D eigenvalue weighted by Crippen LogP contribution is 2.29. The number of hydrogen-bond acceptors (Lipinski definition) is 3. The van der Waals surface area contributed by atoms with E-state index in [1.165, 1.54) is 25.7 Å². The van der Waals surface area contributed by atoms with Crippen molar-refractivity contribution in [3.05, 3.63) is 5.69 Å². The van der Waals surface area contributed by atoms with Gasteiger partial charge in [0.05, 0.1) is 11.4 Å². The third-order valence-corrected chi connectivity index (χ3v) is 3.92. The fraction of sp³-hybridized carbons (Fsp3) is 0.786. The number of rotatable bonds is 4. The van der Waals surface area contributed by atoms with Crippen LogP contribution in [0.25, 0.3) is 0 Å². The van der Waals surface area contributed by atoms with Crippen molar-refractivity contribution in [2.75, 3.05) is 11.1 Å². The van der Waals surface area contributed by atoms with Crippen LogP contribution in [0.5, 0.6) is 0 Å². The summed E-state index contributed by atoms with van der Waals surface area (Å²) in [6, 6.07) is 0.556. The third-order valence-electron chi connectivity index (χ3n) is 3.92. The molecule has 102 valence electrons. The van der Waals surface area contributed by atoms with Gasteiger partial charge in [-0.3, -0.25) is 4.68 Å². The lowest BCUT2D eigenvalue weighted by atomic mass is 9.87. The lowest BCUT2D eigenvalue weighted by molar-refractivity contribution is 0.357. The zero-order chi connectivity index (χ0) is 13.1. The number of nitrogen functional groups attached to an aromatic ring is 1. The molecule has 0 saturated heterocycles. The van der Waals surface area contributed by atoms with Crippen molar-refractivity contribution < 1.29 is 0 Å². The Morgan fingerprint density at radius 1 is 1.44 bits per heavy atom. The van der Waals surface area contributed by atoms with Crippen molar-refractivity contribution >= 4 is 11.5 Å². The number of nitrogens with one attached hydrogen (secondary N) is 1. The molecular formula is C14H26N4. The molecule has 18 heavy (non-hydrogen) atoms. The van der Waals surface area contributed by atoms with Gasteiger partial charge in [0.25, 0.3) is 0 Å². The van der Waals surface area contributed by atoms with Crippen LogP contribution < -0.4 is 11.1 Å². The van der Waals surface area contributed by atoms with Gasteiger partial charge >= 0.3 is 0 Å². The van der Waals surface area contributed by atoms with Crippen LogP contribution in [0.3, 0.4) is 0 Å². The molecule has 1 heterocycles. The first-order valence-corrected chi connectivity index (χ1v) is 7.19. The van der Waals surface area contributed by atoms with Gasteiger partial charge in [0, 0.05) is 13.1 Å². The Hall–Kier alpha value is -1.19. The first-order chi connectivity index (χ1) is 8.61. The van der Waals surface area contributed by atoms with Crippen LogP contribution in [0.1, 0.15) is 51.6 Å². The maximum Gasteiger partial charge on any atom is 0.147 e. The van der Waals surface area contributed by atoms with Gasteiger partial charge in [0.2, 0.25) is 0 Å². The minimum Gasteiger partial charge on any atom is -0.394 e. The largest absolute Gasteiger partial charge is 0.394 e. The van der Waals surface area contributed by atoms with Crippen molar-refractivity contribution in [3.8, 4) is 0 Å². The van der Waals surface area contributed by atoms with Gasteiger partial charge < -0.3 is 11.1 Å². The fourth-order valence-electron chi connectivity index (χ4n) is 2.95. The quantitative estimate of drug-likeness (QED) is 0.864. The van der Waals surface area contributed by atoms with Crippen molar-refractivity contribution in [2.24, 2.45) is 13.0 Å². The molecule has 1 aliphatic rings. The lowest BCUT2D eigenvalue weighted by Crippen LogP contribution is -2.27. The maximum absolute atomic E-state index is 6.20.